The van der Waals surface area contributed by atoms with Crippen molar-refractivity contribution in [3.05, 3.63) is 53.9 Å². The van der Waals surface area contributed by atoms with Crippen LogP contribution in [0.25, 0.3) is 12.2 Å². The van der Waals surface area contributed by atoms with E-state index in [4.69, 9.17) is 0 Å². The molecule has 2 N–H and O–H groups in total. The van der Waals surface area contributed by atoms with E-state index in [0.29, 0.717) is 0 Å². The zero-order chi connectivity index (χ0) is 11.4. The topological polar surface area (TPSA) is 53.4 Å². The molecule has 0 saturated heterocycles. The maximum Gasteiger partial charge on any atom is 0.119 e. The van der Waals surface area contributed by atoms with Crippen molar-refractivity contribution in [2.75, 3.05) is 0 Å². The van der Waals surface area contributed by atoms with Gasteiger partial charge >= 0.3 is 0 Å². The molecule has 1 aromatic heterocycles. The van der Waals surface area contributed by atoms with Crippen molar-refractivity contribution >= 4 is 12.2 Å². The van der Waals surface area contributed by atoms with Crippen molar-refractivity contribution in [2.45, 2.75) is 0 Å². The highest BCUT2D eigenvalue weighted by Gasteiger charge is 1.95. The van der Waals surface area contributed by atoms with Gasteiger partial charge in [-0.15, -0.1) is 0 Å². The summed E-state index contributed by atoms with van der Waals surface area (Å²) in [5.74, 6) is 0.0846. The van der Waals surface area contributed by atoms with Gasteiger partial charge in [0.25, 0.3) is 0 Å². The van der Waals surface area contributed by atoms with Crippen LogP contribution in [0, 0.1) is 0 Å². The molecule has 0 aliphatic rings. The molecule has 3 nitrogen and oxygen atoms in total. The van der Waals surface area contributed by atoms with Crippen LogP contribution < -0.4 is 0 Å². The number of rotatable bonds is 2. The average molecular weight is 213 g/mol. The largest absolute Gasteiger partial charge is 0.508 e. The van der Waals surface area contributed by atoms with Crippen molar-refractivity contribution < 1.29 is 10.2 Å². The van der Waals surface area contributed by atoms with E-state index in [0.717, 1.165) is 11.3 Å². The molecule has 0 unspecified atom stereocenters. The van der Waals surface area contributed by atoms with Crippen molar-refractivity contribution in [2.24, 2.45) is 0 Å². The first-order chi connectivity index (χ1) is 7.74. The van der Waals surface area contributed by atoms with Gasteiger partial charge in [0, 0.05) is 12.3 Å². The fourth-order valence-corrected chi connectivity index (χ4v) is 1.37. The summed E-state index contributed by atoms with van der Waals surface area (Å²) in [6.45, 7) is 0. The third-order valence-corrected chi connectivity index (χ3v) is 2.06. The summed E-state index contributed by atoms with van der Waals surface area (Å²) in [6.07, 6.45) is 5.30. The number of nitrogens with zero attached hydrogens (tertiary/aromatic N) is 1. The molecule has 1 heterocycles. The van der Waals surface area contributed by atoms with Crippen LogP contribution in [0.2, 0.25) is 0 Å². The average Bonchev–Trinajstić information content (AvgIpc) is 2.27. The van der Waals surface area contributed by atoms with Crippen LogP contribution in [-0.2, 0) is 0 Å². The van der Waals surface area contributed by atoms with Crippen LogP contribution in [-0.4, -0.2) is 15.2 Å². The summed E-state index contributed by atoms with van der Waals surface area (Å²) in [6, 6.07) is 10.0. The Kier molecular flexibility index (Phi) is 2.87. The van der Waals surface area contributed by atoms with Crippen molar-refractivity contribution in [1.29, 1.82) is 0 Å². The van der Waals surface area contributed by atoms with Gasteiger partial charge in [0.15, 0.2) is 0 Å². The first-order valence-electron chi connectivity index (χ1n) is 4.86. The van der Waals surface area contributed by atoms with E-state index in [9.17, 15) is 10.2 Å². The molecule has 3 heteroatoms. The standard InChI is InChI=1S/C13H11NO2/c15-12-7-10(8-13(16)9-12)4-5-11-3-1-2-6-14-11/h1-9,15-16H/b5-4+. The van der Waals surface area contributed by atoms with Crippen LogP contribution in [0.5, 0.6) is 11.5 Å². The van der Waals surface area contributed by atoms with Gasteiger partial charge in [-0.3, -0.25) is 4.98 Å². The van der Waals surface area contributed by atoms with Crippen molar-refractivity contribution in [3.8, 4) is 11.5 Å². The number of aromatic hydroxyl groups is 2. The number of phenols is 2. The lowest BCUT2D eigenvalue weighted by atomic mass is 10.1. The highest BCUT2D eigenvalue weighted by atomic mass is 16.3. The maximum absolute atomic E-state index is 9.28. The highest BCUT2D eigenvalue weighted by Crippen LogP contribution is 2.21. The third kappa shape index (κ3) is 2.60. The first kappa shape index (κ1) is 10.2. The molecule has 0 fully saturated rings. The fourth-order valence-electron chi connectivity index (χ4n) is 1.37. The van der Waals surface area contributed by atoms with E-state index in [1.807, 2.05) is 24.3 Å². The molecule has 0 atom stereocenters. The summed E-state index contributed by atoms with van der Waals surface area (Å²) in [4.78, 5) is 4.13. The van der Waals surface area contributed by atoms with E-state index in [-0.39, 0.29) is 11.5 Å². The molecule has 1 aromatic carbocycles. The lowest BCUT2D eigenvalue weighted by Gasteiger charge is -1.98. The minimum atomic E-state index is 0.0423. The molecule has 0 spiro atoms. The Morgan fingerprint density at radius 1 is 0.938 bits per heavy atom. The van der Waals surface area contributed by atoms with E-state index < -0.39 is 0 Å². The lowest BCUT2D eigenvalue weighted by Crippen LogP contribution is -1.77. The van der Waals surface area contributed by atoms with Gasteiger partial charge in [-0.05, 0) is 35.9 Å². The molecule has 0 radical (unpaired) electrons. The Bertz CT molecular complexity index is 486. The van der Waals surface area contributed by atoms with Gasteiger partial charge in [0.05, 0.1) is 5.69 Å². The predicted molar refractivity (Wildman–Crippen MR) is 62.9 cm³/mol. The molecular formula is C13H11NO2. The second kappa shape index (κ2) is 4.49. The van der Waals surface area contributed by atoms with Crippen LogP contribution in [0.15, 0.2) is 42.6 Å². The molecule has 80 valence electrons. The Morgan fingerprint density at radius 3 is 2.31 bits per heavy atom. The molecule has 2 rings (SSSR count). The quantitative estimate of drug-likeness (QED) is 0.806. The van der Waals surface area contributed by atoms with Gasteiger partial charge < -0.3 is 10.2 Å². The second-order valence-electron chi connectivity index (χ2n) is 3.37. The molecule has 0 aliphatic carbocycles. The maximum atomic E-state index is 9.28. The van der Waals surface area contributed by atoms with Crippen molar-refractivity contribution in [1.82, 2.24) is 4.98 Å². The number of pyridine rings is 1. The van der Waals surface area contributed by atoms with Crippen molar-refractivity contribution in [3.63, 3.8) is 0 Å². The van der Waals surface area contributed by atoms with Gasteiger partial charge in [-0.2, -0.15) is 0 Å². The predicted octanol–water partition coefficient (Wildman–Crippen LogP) is 2.66. The van der Waals surface area contributed by atoms with E-state index in [1.165, 1.54) is 6.07 Å². The summed E-state index contributed by atoms with van der Waals surface area (Å²) in [5.41, 5.74) is 1.55. The Labute approximate surface area is 93.3 Å². The van der Waals surface area contributed by atoms with Crippen LogP contribution >= 0.6 is 0 Å². The second-order valence-corrected chi connectivity index (χ2v) is 3.37. The number of hydrogen-bond acceptors (Lipinski definition) is 3. The zero-order valence-electron chi connectivity index (χ0n) is 8.54. The summed E-state index contributed by atoms with van der Waals surface area (Å²) < 4.78 is 0. The van der Waals surface area contributed by atoms with Gasteiger partial charge in [0.2, 0.25) is 0 Å². The molecule has 0 aliphatic heterocycles. The first-order valence-corrected chi connectivity index (χ1v) is 4.86. The van der Waals surface area contributed by atoms with Crippen LogP contribution in [0.4, 0.5) is 0 Å². The van der Waals surface area contributed by atoms with Gasteiger partial charge in [-0.25, -0.2) is 0 Å². The van der Waals surface area contributed by atoms with Gasteiger partial charge in [0.1, 0.15) is 11.5 Å². The summed E-state index contributed by atoms with van der Waals surface area (Å²) in [5, 5.41) is 18.6. The monoisotopic (exact) mass is 213 g/mol. The normalized spacial score (nSPS) is 10.8. The summed E-state index contributed by atoms with van der Waals surface area (Å²) in [7, 11) is 0. The SMILES string of the molecule is Oc1cc(O)cc(/C=C/c2ccccn2)c1. The molecular weight excluding hydrogens is 202 g/mol. The minimum absolute atomic E-state index is 0.0423. The Hall–Kier alpha value is -2.29. The summed E-state index contributed by atoms with van der Waals surface area (Å²) >= 11 is 0. The number of benzene rings is 1. The molecule has 2 aromatic rings. The molecule has 0 amide bonds. The Morgan fingerprint density at radius 2 is 1.69 bits per heavy atom. The van der Waals surface area contributed by atoms with Crippen LogP contribution in [0.1, 0.15) is 11.3 Å². The van der Waals surface area contributed by atoms with Crippen LogP contribution in [0.3, 0.4) is 0 Å². The van der Waals surface area contributed by atoms with E-state index >= 15 is 0 Å². The third-order valence-electron chi connectivity index (χ3n) is 2.06. The molecule has 0 saturated carbocycles. The molecule has 0 bridgehead atoms. The lowest BCUT2D eigenvalue weighted by molar-refractivity contribution is 0.450. The fraction of sp³-hybridized carbons (Fsp3) is 0. The number of aromatic nitrogens is 1. The molecule has 16 heavy (non-hydrogen) atoms. The highest BCUT2D eigenvalue weighted by molar-refractivity contribution is 5.69. The minimum Gasteiger partial charge on any atom is -0.508 e. The Balaban J connectivity index is 2.24. The number of phenolic OH excluding ortho intramolecular Hbond substituents is 2. The number of hydrogen-bond donors (Lipinski definition) is 2. The van der Waals surface area contributed by atoms with E-state index in [2.05, 4.69) is 4.98 Å². The van der Waals surface area contributed by atoms with E-state index in [1.54, 1.807) is 24.4 Å². The zero-order valence-corrected chi connectivity index (χ0v) is 8.54. The van der Waals surface area contributed by atoms with Gasteiger partial charge in [-0.1, -0.05) is 12.1 Å². The smallest absolute Gasteiger partial charge is 0.119 e.